The van der Waals surface area contributed by atoms with Gasteiger partial charge in [0.2, 0.25) is 0 Å². The maximum Gasteiger partial charge on any atom is 0 e. The predicted octanol–water partition coefficient (Wildman–Crippen LogP) is 12.2. The van der Waals surface area contributed by atoms with Crippen molar-refractivity contribution < 1.29 is 36.5 Å². The van der Waals surface area contributed by atoms with Crippen LogP contribution in [0, 0.1) is 0 Å². The second-order valence-corrected chi connectivity index (χ2v) is 18.4. The van der Waals surface area contributed by atoms with Crippen LogP contribution in [0.5, 0.6) is 0 Å². The molecule has 3 aliphatic carbocycles. The molecule has 0 aromatic rings. The van der Waals surface area contributed by atoms with Gasteiger partial charge in [0, 0.05) is 36.5 Å². The first-order valence-electron chi connectivity index (χ1n) is 16.6. The van der Waals surface area contributed by atoms with Gasteiger partial charge in [-0.05, 0) is 137 Å². The molecule has 0 spiro atoms. The summed E-state index contributed by atoms with van der Waals surface area (Å²) in [6.07, 6.45) is 38.6. The fourth-order valence-corrected chi connectivity index (χ4v) is 17.1. The molecule has 2 saturated heterocycles. The topological polar surface area (TPSA) is 0 Å². The molecular weight excluding hydrogens is 629 g/mol. The van der Waals surface area contributed by atoms with Crippen LogP contribution in [0.25, 0.3) is 0 Å². The Bertz CT molecular complexity index is 536. The first-order chi connectivity index (χ1) is 17.7. The summed E-state index contributed by atoms with van der Waals surface area (Å²) in [5, 5.41) is 0. The van der Waals surface area contributed by atoms with Gasteiger partial charge >= 0.3 is 0 Å². The molecule has 38 heavy (non-hydrogen) atoms. The van der Waals surface area contributed by atoms with E-state index in [0.717, 1.165) is 22.6 Å². The first-order valence-corrected chi connectivity index (χ1v) is 19.7. The molecular formula is C34H62FeP2Rh. The third-order valence-electron chi connectivity index (χ3n) is 10.1. The average molecular weight is 692 g/mol. The van der Waals surface area contributed by atoms with Gasteiger partial charge in [-0.1, -0.05) is 93.5 Å². The molecule has 4 atom stereocenters. The van der Waals surface area contributed by atoms with Crippen molar-refractivity contribution in [1.82, 2.24) is 0 Å². The van der Waals surface area contributed by atoms with Crippen LogP contribution in [0.15, 0.2) is 24.3 Å². The van der Waals surface area contributed by atoms with Crippen molar-refractivity contribution in [2.45, 2.75) is 190 Å². The van der Waals surface area contributed by atoms with E-state index in [1.54, 1.807) is 51.4 Å². The molecule has 0 N–H and O–H groups in total. The summed E-state index contributed by atoms with van der Waals surface area (Å²) in [5.74, 6) is 0. The first kappa shape index (κ1) is 37.5. The summed E-state index contributed by atoms with van der Waals surface area (Å²) in [5.41, 5.74) is 6.97. The van der Waals surface area contributed by atoms with Crippen molar-refractivity contribution in [1.29, 1.82) is 0 Å². The Morgan fingerprint density at radius 3 is 0.895 bits per heavy atom. The minimum atomic E-state index is 0. The molecule has 2 saturated carbocycles. The van der Waals surface area contributed by atoms with E-state index in [2.05, 4.69) is 52.0 Å². The predicted molar refractivity (Wildman–Crippen MR) is 170 cm³/mol. The van der Waals surface area contributed by atoms with Gasteiger partial charge < -0.3 is 0 Å². The quantitative estimate of drug-likeness (QED) is 0.148. The third-order valence-corrected chi connectivity index (χ3v) is 18.6. The monoisotopic (exact) mass is 691 g/mol. The van der Waals surface area contributed by atoms with E-state index in [-0.39, 0.29) is 36.5 Å². The fraction of sp³-hybridized carbons (Fsp3) is 0.882. The molecule has 4 heteroatoms. The van der Waals surface area contributed by atoms with E-state index in [4.69, 9.17) is 0 Å². The van der Waals surface area contributed by atoms with Crippen molar-refractivity contribution in [3.05, 3.63) is 24.3 Å². The van der Waals surface area contributed by atoms with Gasteiger partial charge in [0.05, 0.1) is 0 Å². The van der Waals surface area contributed by atoms with Crippen LogP contribution in [-0.2, 0) is 36.5 Å². The molecule has 5 aliphatic rings. The van der Waals surface area contributed by atoms with E-state index >= 15 is 0 Å². The van der Waals surface area contributed by atoms with Gasteiger partial charge in [0.25, 0.3) is 0 Å². The second kappa shape index (κ2) is 22.1. The van der Waals surface area contributed by atoms with Crippen LogP contribution in [-0.4, -0.2) is 34.0 Å². The van der Waals surface area contributed by atoms with Crippen molar-refractivity contribution in [3.8, 4) is 0 Å². The summed E-state index contributed by atoms with van der Waals surface area (Å²) >= 11 is 0. The molecule has 0 bridgehead atoms. The molecule has 225 valence electrons. The van der Waals surface area contributed by atoms with Crippen LogP contribution in [0.3, 0.4) is 0 Å². The maximum absolute atomic E-state index is 2.42. The fourth-order valence-electron chi connectivity index (χ4n) is 8.08. The molecule has 0 nitrogen and oxygen atoms in total. The average Bonchev–Trinajstić information content (AvgIpc) is 3.69. The molecule has 0 amide bonds. The zero-order chi connectivity index (χ0) is 25.6. The minimum absolute atomic E-state index is 0. The van der Waals surface area contributed by atoms with Gasteiger partial charge in [-0.2, -0.15) is 0 Å². The Kier molecular flexibility index (Phi) is 21.8. The Hall–Kier alpha value is 1.48. The zero-order valence-corrected chi connectivity index (χ0v) is 30.0. The number of rotatable bonds is 6. The van der Waals surface area contributed by atoms with Gasteiger partial charge in [0.1, 0.15) is 0 Å². The van der Waals surface area contributed by atoms with Crippen LogP contribution >= 0.6 is 15.8 Å². The Morgan fingerprint density at radius 1 is 0.447 bits per heavy atom. The summed E-state index contributed by atoms with van der Waals surface area (Å²) in [7, 11) is 0.853. The van der Waals surface area contributed by atoms with E-state index in [1.807, 2.05) is 0 Å². The molecule has 0 aromatic carbocycles. The molecule has 1 radical (unpaired) electrons. The Balaban J connectivity index is 0.000000288. The van der Waals surface area contributed by atoms with E-state index in [0.29, 0.717) is 15.8 Å². The SMILES string of the molecule is C1=CCC/C=C\CC1.CC[C@H]1CC[C@H](CC)P1C1CCCC1.CC[C@H]1CC[C@H](CC)P1C1CCCC1.[Fe].[Rh]. The van der Waals surface area contributed by atoms with E-state index in [9.17, 15) is 0 Å². The van der Waals surface area contributed by atoms with Gasteiger partial charge in [-0.25, -0.2) is 0 Å². The minimum Gasteiger partial charge on any atom is -0.0972 e. The molecule has 4 fully saturated rings. The summed E-state index contributed by atoms with van der Waals surface area (Å²) in [6.45, 7) is 9.69. The summed E-state index contributed by atoms with van der Waals surface area (Å²) in [4.78, 5) is 0. The largest absolute Gasteiger partial charge is 0.0972 e. The second-order valence-electron chi connectivity index (χ2n) is 12.3. The van der Waals surface area contributed by atoms with Crippen molar-refractivity contribution >= 4 is 15.8 Å². The smallest absolute Gasteiger partial charge is 0 e. The van der Waals surface area contributed by atoms with Gasteiger partial charge in [0.15, 0.2) is 0 Å². The van der Waals surface area contributed by atoms with Gasteiger partial charge in [-0.15, -0.1) is 0 Å². The Morgan fingerprint density at radius 2 is 0.684 bits per heavy atom. The summed E-state index contributed by atoms with van der Waals surface area (Å²) in [6, 6.07) is 0. The molecule has 0 unspecified atom stereocenters. The zero-order valence-electron chi connectivity index (χ0n) is 25.5. The van der Waals surface area contributed by atoms with Crippen LogP contribution in [0.4, 0.5) is 0 Å². The number of hydrogen-bond donors (Lipinski definition) is 0. The van der Waals surface area contributed by atoms with Crippen LogP contribution in [0.1, 0.15) is 156 Å². The van der Waals surface area contributed by atoms with Crippen molar-refractivity contribution in [3.63, 3.8) is 0 Å². The normalized spacial score (nSPS) is 31.3. The Labute approximate surface area is 265 Å². The van der Waals surface area contributed by atoms with Crippen molar-refractivity contribution in [2.75, 3.05) is 0 Å². The van der Waals surface area contributed by atoms with Crippen molar-refractivity contribution in [2.24, 2.45) is 0 Å². The molecule has 5 rings (SSSR count). The summed E-state index contributed by atoms with van der Waals surface area (Å²) < 4.78 is 0. The molecule has 2 heterocycles. The third kappa shape index (κ3) is 11.6. The maximum atomic E-state index is 2.42. The number of allylic oxidation sites excluding steroid dienone is 4. The van der Waals surface area contributed by atoms with E-state index < -0.39 is 0 Å². The molecule has 2 aliphatic heterocycles. The van der Waals surface area contributed by atoms with E-state index in [1.165, 1.54) is 88.4 Å². The van der Waals surface area contributed by atoms with Gasteiger partial charge in [-0.3, -0.25) is 0 Å². The number of hydrogen-bond acceptors (Lipinski definition) is 0. The van der Waals surface area contributed by atoms with Crippen LogP contribution in [0.2, 0.25) is 0 Å². The molecule has 0 aromatic heterocycles. The standard InChI is InChI=1S/2C13H25P.C8H12.Fe.Rh/c2*1-3-11-9-10-12(4-2)14(11)13-7-5-6-8-13;1-2-4-6-8-7-5-3-1;;/h2*11-13H,3-10H2,1-2H3;1-2,7-8H,3-6H2;;/b;;2-1-,8-7?;;/t2*11-,12-;;;/m00.../s1. The van der Waals surface area contributed by atoms with Crippen LogP contribution < -0.4 is 0 Å².